The van der Waals surface area contributed by atoms with Gasteiger partial charge in [-0.1, -0.05) is 62.4 Å². The van der Waals surface area contributed by atoms with E-state index >= 15 is 0 Å². The van der Waals surface area contributed by atoms with Gasteiger partial charge in [0.15, 0.2) is 0 Å². The molecule has 3 aromatic rings. The van der Waals surface area contributed by atoms with Crippen LogP contribution in [0.5, 0.6) is 11.5 Å². The van der Waals surface area contributed by atoms with E-state index in [-0.39, 0.29) is 18.3 Å². The lowest BCUT2D eigenvalue weighted by molar-refractivity contribution is -0.143. The van der Waals surface area contributed by atoms with Gasteiger partial charge in [0.25, 0.3) is 0 Å². The third-order valence-corrected chi connectivity index (χ3v) is 7.45. The summed E-state index contributed by atoms with van der Waals surface area (Å²) in [6.07, 6.45) is 0.261. The van der Waals surface area contributed by atoms with Crippen molar-refractivity contribution in [3.63, 3.8) is 0 Å². The molecule has 164 valence electrons. The number of methoxy groups -OCH3 is 3. The van der Waals surface area contributed by atoms with E-state index in [2.05, 4.69) is 62.4 Å². The summed E-state index contributed by atoms with van der Waals surface area (Å²) in [5.41, 5.74) is 6.03. The minimum atomic E-state index is -0.613. The van der Waals surface area contributed by atoms with Crippen LogP contribution in [0.2, 0.25) is 0 Å². The van der Waals surface area contributed by atoms with Crippen LogP contribution in [0.1, 0.15) is 59.6 Å². The van der Waals surface area contributed by atoms with Gasteiger partial charge < -0.3 is 14.2 Å². The molecular formula is C28H28O4. The molecule has 0 spiro atoms. The summed E-state index contributed by atoms with van der Waals surface area (Å²) in [5, 5.41) is 0. The molecule has 0 N–H and O–H groups in total. The third kappa shape index (κ3) is 2.41. The lowest BCUT2D eigenvalue weighted by atomic mass is 9.44. The van der Waals surface area contributed by atoms with E-state index in [1.165, 1.54) is 29.4 Å². The molecule has 0 saturated carbocycles. The molecule has 0 fully saturated rings. The molecule has 4 heteroatoms. The summed E-state index contributed by atoms with van der Waals surface area (Å²) in [6, 6.07) is 21.2. The van der Waals surface area contributed by atoms with E-state index in [1.807, 2.05) is 12.1 Å². The minimum absolute atomic E-state index is 0.0400. The highest BCUT2D eigenvalue weighted by Crippen LogP contribution is 2.68. The van der Waals surface area contributed by atoms with Gasteiger partial charge in [-0.15, -0.1) is 0 Å². The van der Waals surface area contributed by atoms with Gasteiger partial charge in [0, 0.05) is 17.0 Å². The fourth-order valence-electron chi connectivity index (χ4n) is 6.31. The van der Waals surface area contributed by atoms with E-state index in [0.29, 0.717) is 0 Å². The molecule has 6 rings (SSSR count). The van der Waals surface area contributed by atoms with E-state index in [4.69, 9.17) is 14.2 Å². The first-order valence-electron chi connectivity index (χ1n) is 10.9. The number of hydrogen-bond acceptors (Lipinski definition) is 4. The Labute approximate surface area is 189 Å². The number of benzene rings is 3. The smallest absolute Gasteiger partial charge is 0.306 e. The largest absolute Gasteiger partial charge is 0.496 e. The molecule has 32 heavy (non-hydrogen) atoms. The maximum absolute atomic E-state index is 12.7. The van der Waals surface area contributed by atoms with Crippen molar-refractivity contribution in [2.24, 2.45) is 5.41 Å². The quantitative estimate of drug-likeness (QED) is 0.508. The first kappa shape index (κ1) is 20.6. The Morgan fingerprint density at radius 1 is 0.844 bits per heavy atom. The summed E-state index contributed by atoms with van der Waals surface area (Å²) in [6.45, 7) is 4.32. The molecule has 0 amide bonds. The number of esters is 1. The van der Waals surface area contributed by atoms with Gasteiger partial charge in [-0.2, -0.15) is 0 Å². The maximum atomic E-state index is 12.7. The molecule has 0 unspecified atom stereocenters. The van der Waals surface area contributed by atoms with Crippen LogP contribution in [0.15, 0.2) is 60.7 Å². The van der Waals surface area contributed by atoms with Crippen LogP contribution in [-0.4, -0.2) is 27.3 Å². The van der Waals surface area contributed by atoms with Crippen LogP contribution in [0.3, 0.4) is 0 Å². The van der Waals surface area contributed by atoms with Crippen LogP contribution in [-0.2, 0) is 14.9 Å². The molecule has 0 atom stereocenters. The highest BCUT2D eigenvalue weighted by molar-refractivity contribution is 5.79. The average Bonchev–Trinajstić information content (AvgIpc) is 2.82. The predicted molar refractivity (Wildman–Crippen MR) is 124 cm³/mol. The highest BCUT2D eigenvalue weighted by Gasteiger charge is 2.61. The second-order valence-corrected chi connectivity index (χ2v) is 9.25. The molecule has 3 aliphatic carbocycles. The number of hydrogen-bond donors (Lipinski definition) is 0. The fourth-order valence-corrected chi connectivity index (χ4v) is 6.31. The normalized spacial score (nSPS) is 20.1. The molecule has 0 aromatic heterocycles. The zero-order valence-corrected chi connectivity index (χ0v) is 19.2. The van der Waals surface area contributed by atoms with E-state index in [0.717, 1.165) is 22.6 Å². The fraction of sp³-hybridized carbons (Fsp3) is 0.321. The van der Waals surface area contributed by atoms with Crippen LogP contribution in [0.4, 0.5) is 0 Å². The van der Waals surface area contributed by atoms with E-state index in [1.54, 1.807) is 14.2 Å². The number of rotatable bonds is 5. The zero-order chi connectivity index (χ0) is 22.7. The molecule has 3 aliphatic rings. The van der Waals surface area contributed by atoms with E-state index in [9.17, 15) is 4.79 Å². The predicted octanol–water partition coefficient (Wildman–Crippen LogP) is 5.43. The van der Waals surface area contributed by atoms with Gasteiger partial charge >= 0.3 is 5.97 Å². The van der Waals surface area contributed by atoms with Crippen molar-refractivity contribution < 1.29 is 19.0 Å². The number of carbonyl (C=O) groups is 1. The number of ether oxygens (including phenoxy) is 3. The van der Waals surface area contributed by atoms with Crippen molar-refractivity contribution in [3.05, 3.63) is 94.0 Å². The van der Waals surface area contributed by atoms with Gasteiger partial charge in [-0.05, 0) is 39.8 Å². The Kier molecular flexibility index (Phi) is 4.59. The van der Waals surface area contributed by atoms with Gasteiger partial charge in [-0.3, -0.25) is 4.79 Å². The molecule has 0 aliphatic heterocycles. The standard InChI is InChI=1S/C28H28O4/c1-27(2,16-23(29)32-5)28-19-12-8-6-10-17(19)24(18-11-7-9-13-20(18)28)25-21(30-3)14-15-22(31-4)26(25)28/h6-15,24H,16H2,1-5H3. The van der Waals surface area contributed by atoms with Crippen molar-refractivity contribution >= 4 is 5.97 Å². The van der Waals surface area contributed by atoms with Gasteiger partial charge in [0.2, 0.25) is 0 Å². The topological polar surface area (TPSA) is 44.8 Å². The Morgan fingerprint density at radius 3 is 1.91 bits per heavy atom. The molecule has 0 saturated heterocycles. The maximum Gasteiger partial charge on any atom is 0.306 e. The molecule has 0 radical (unpaired) electrons. The summed E-state index contributed by atoms with van der Waals surface area (Å²) >= 11 is 0. The second-order valence-electron chi connectivity index (χ2n) is 9.25. The number of carbonyl (C=O) groups excluding carboxylic acids is 1. The lowest BCUT2D eigenvalue weighted by Crippen LogP contribution is -2.52. The second kappa shape index (κ2) is 7.13. The molecule has 0 heterocycles. The Morgan fingerprint density at radius 2 is 1.38 bits per heavy atom. The van der Waals surface area contributed by atoms with Gasteiger partial charge in [0.05, 0.1) is 33.2 Å². The molecular weight excluding hydrogens is 400 g/mol. The minimum Gasteiger partial charge on any atom is -0.496 e. The van der Waals surface area contributed by atoms with Gasteiger partial charge in [-0.25, -0.2) is 0 Å². The van der Waals surface area contributed by atoms with Crippen molar-refractivity contribution in [2.75, 3.05) is 21.3 Å². The highest BCUT2D eigenvalue weighted by atomic mass is 16.5. The Bertz CT molecular complexity index is 1180. The Hall–Kier alpha value is -3.27. The first-order valence-corrected chi connectivity index (χ1v) is 10.9. The molecule has 4 nitrogen and oxygen atoms in total. The summed E-state index contributed by atoms with van der Waals surface area (Å²) < 4.78 is 17.0. The van der Waals surface area contributed by atoms with Crippen LogP contribution in [0.25, 0.3) is 0 Å². The average molecular weight is 429 g/mol. The zero-order valence-electron chi connectivity index (χ0n) is 19.2. The van der Waals surface area contributed by atoms with Crippen molar-refractivity contribution in [2.45, 2.75) is 31.6 Å². The summed E-state index contributed by atoms with van der Waals surface area (Å²) in [4.78, 5) is 12.7. The summed E-state index contributed by atoms with van der Waals surface area (Å²) in [7, 11) is 4.88. The van der Waals surface area contributed by atoms with Gasteiger partial charge in [0.1, 0.15) is 11.5 Å². The molecule has 3 aromatic carbocycles. The third-order valence-electron chi connectivity index (χ3n) is 7.45. The SMILES string of the molecule is COC(=O)CC(C)(C)C12c3ccccc3C(c3ccccc31)c1c(OC)ccc(OC)c12. The Balaban J connectivity index is 2.00. The van der Waals surface area contributed by atoms with Crippen LogP contribution >= 0.6 is 0 Å². The van der Waals surface area contributed by atoms with E-state index < -0.39 is 10.8 Å². The van der Waals surface area contributed by atoms with Crippen molar-refractivity contribution in [1.29, 1.82) is 0 Å². The van der Waals surface area contributed by atoms with Crippen molar-refractivity contribution in [1.82, 2.24) is 0 Å². The van der Waals surface area contributed by atoms with Crippen LogP contribution < -0.4 is 9.47 Å². The van der Waals surface area contributed by atoms with Crippen LogP contribution in [0, 0.1) is 5.41 Å². The lowest BCUT2D eigenvalue weighted by Gasteiger charge is -2.57. The molecule has 2 bridgehead atoms. The van der Waals surface area contributed by atoms with Crippen molar-refractivity contribution in [3.8, 4) is 11.5 Å². The summed E-state index contributed by atoms with van der Waals surface area (Å²) in [5.74, 6) is 1.47. The first-order chi connectivity index (χ1) is 15.4. The monoisotopic (exact) mass is 428 g/mol.